The Hall–Kier alpha value is -2.04. The van der Waals surface area contributed by atoms with Gasteiger partial charge in [-0.1, -0.05) is 13.3 Å². The molecule has 0 bridgehead atoms. The molecule has 1 aromatic carbocycles. The normalized spacial score (nSPS) is 9.94. The molecular weight excluding hydrogens is 224 g/mol. The third-order valence-corrected chi connectivity index (χ3v) is 2.21. The Morgan fingerprint density at radius 3 is 2.47 bits per heavy atom. The van der Waals surface area contributed by atoms with E-state index in [1.54, 1.807) is 0 Å². The van der Waals surface area contributed by atoms with Gasteiger partial charge in [0.15, 0.2) is 0 Å². The average molecular weight is 238 g/mol. The van der Waals surface area contributed by atoms with E-state index in [1.807, 2.05) is 6.92 Å². The SMILES string of the molecule is CCCCOc1cc(C(=O)O)ccc1C(=O)O. The van der Waals surface area contributed by atoms with E-state index < -0.39 is 11.9 Å². The first kappa shape index (κ1) is 13.0. The Morgan fingerprint density at radius 2 is 1.94 bits per heavy atom. The van der Waals surface area contributed by atoms with E-state index in [0.717, 1.165) is 12.8 Å². The average Bonchev–Trinajstić information content (AvgIpc) is 2.28. The van der Waals surface area contributed by atoms with Gasteiger partial charge in [-0.25, -0.2) is 9.59 Å². The Kier molecular flexibility index (Phi) is 4.51. The molecule has 5 heteroatoms. The Bertz CT molecular complexity index is 425. The maximum atomic E-state index is 10.9. The third-order valence-electron chi connectivity index (χ3n) is 2.21. The minimum atomic E-state index is -1.13. The second-order valence-electron chi connectivity index (χ2n) is 3.52. The monoisotopic (exact) mass is 238 g/mol. The lowest BCUT2D eigenvalue weighted by atomic mass is 10.1. The van der Waals surface area contributed by atoms with Gasteiger partial charge in [0, 0.05) is 0 Å². The fourth-order valence-corrected chi connectivity index (χ4v) is 1.28. The van der Waals surface area contributed by atoms with Gasteiger partial charge >= 0.3 is 11.9 Å². The molecule has 0 aliphatic carbocycles. The molecule has 0 aromatic heterocycles. The zero-order chi connectivity index (χ0) is 12.8. The predicted molar refractivity (Wildman–Crippen MR) is 60.8 cm³/mol. The molecule has 0 fully saturated rings. The van der Waals surface area contributed by atoms with Crippen LogP contribution in [0.2, 0.25) is 0 Å². The molecular formula is C12H14O5. The molecule has 0 heterocycles. The van der Waals surface area contributed by atoms with Gasteiger partial charge in [0.25, 0.3) is 0 Å². The summed E-state index contributed by atoms with van der Waals surface area (Å²) >= 11 is 0. The molecule has 0 atom stereocenters. The lowest BCUT2D eigenvalue weighted by Crippen LogP contribution is -2.06. The minimum absolute atomic E-state index is 0.0153. The quantitative estimate of drug-likeness (QED) is 0.742. The number of carboxylic acid groups (broad SMARTS) is 2. The van der Waals surface area contributed by atoms with Crippen LogP contribution in [0.25, 0.3) is 0 Å². The number of unbranched alkanes of at least 4 members (excludes halogenated alkanes) is 1. The van der Waals surface area contributed by atoms with Crippen LogP contribution >= 0.6 is 0 Å². The number of ether oxygens (including phenoxy) is 1. The van der Waals surface area contributed by atoms with Crippen LogP contribution in [0.15, 0.2) is 18.2 Å². The van der Waals surface area contributed by atoms with Gasteiger partial charge in [0.05, 0.1) is 12.2 Å². The molecule has 5 nitrogen and oxygen atoms in total. The first-order chi connectivity index (χ1) is 8.06. The molecule has 0 saturated heterocycles. The van der Waals surface area contributed by atoms with Crippen LogP contribution in [-0.2, 0) is 0 Å². The van der Waals surface area contributed by atoms with Crippen molar-refractivity contribution in [2.45, 2.75) is 19.8 Å². The van der Waals surface area contributed by atoms with E-state index in [2.05, 4.69) is 0 Å². The number of rotatable bonds is 6. The number of carboxylic acids is 2. The van der Waals surface area contributed by atoms with Crippen LogP contribution in [0.4, 0.5) is 0 Å². The molecule has 92 valence electrons. The van der Waals surface area contributed by atoms with Crippen molar-refractivity contribution in [3.63, 3.8) is 0 Å². The summed E-state index contributed by atoms with van der Waals surface area (Å²) in [5.41, 5.74) is -0.00685. The summed E-state index contributed by atoms with van der Waals surface area (Å²) in [6, 6.07) is 3.73. The van der Waals surface area contributed by atoms with E-state index in [-0.39, 0.29) is 16.9 Å². The summed E-state index contributed by atoms with van der Waals surface area (Å²) in [6.07, 6.45) is 1.71. The Balaban J connectivity index is 2.98. The standard InChI is InChI=1S/C12H14O5/c1-2-3-6-17-10-7-8(11(13)14)4-5-9(10)12(15)16/h4-5,7H,2-3,6H2,1H3,(H,13,14)(H,15,16). The lowest BCUT2D eigenvalue weighted by Gasteiger charge is -2.09. The molecule has 2 N–H and O–H groups in total. The highest BCUT2D eigenvalue weighted by molar-refractivity contribution is 5.94. The number of hydrogen-bond donors (Lipinski definition) is 2. The van der Waals surface area contributed by atoms with Crippen LogP contribution in [0.3, 0.4) is 0 Å². The van der Waals surface area contributed by atoms with E-state index in [9.17, 15) is 9.59 Å². The van der Waals surface area contributed by atoms with Crippen molar-refractivity contribution in [3.05, 3.63) is 29.3 Å². The second-order valence-corrected chi connectivity index (χ2v) is 3.52. The molecule has 0 aliphatic heterocycles. The highest BCUT2D eigenvalue weighted by Gasteiger charge is 2.14. The summed E-state index contributed by atoms with van der Waals surface area (Å²) in [4.78, 5) is 21.7. The first-order valence-electron chi connectivity index (χ1n) is 5.29. The Morgan fingerprint density at radius 1 is 1.24 bits per heavy atom. The van der Waals surface area contributed by atoms with Crippen molar-refractivity contribution in [1.82, 2.24) is 0 Å². The number of carbonyl (C=O) groups is 2. The van der Waals surface area contributed by atoms with E-state index in [4.69, 9.17) is 14.9 Å². The van der Waals surface area contributed by atoms with Gasteiger partial charge in [-0.3, -0.25) is 0 Å². The van der Waals surface area contributed by atoms with Crippen LogP contribution in [0.5, 0.6) is 5.75 Å². The van der Waals surface area contributed by atoms with Gasteiger partial charge in [-0.05, 0) is 24.6 Å². The lowest BCUT2D eigenvalue weighted by molar-refractivity contribution is 0.0677. The van der Waals surface area contributed by atoms with Crippen LogP contribution in [0.1, 0.15) is 40.5 Å². The van der Waals surface area contributed by atoms with Crippen molar-refractivity contribution >= 4 is 11.9 Å². The molecule has 0 spiro atoms. The van der Waals surface area contributed by atoms with E-state index >= 15 is 0 Å². The molecule has 0 amide bonds. The van der Waals surface area contributed by atoms with Crippen molar-refractivity contribution in [1.29, 1.82) is 0 Å². The van der Waals surface area contributed by atoms with Gasteiger partial charge in [0.1, 0.15) is 11.3 Å². The van der Waals surface area contributed by atoms with E-state index in [0.29, 0.717) is 6.61 Å². The number of benzene rings is 1. The maximum Gasteiger partial charge on any atom is 0.339 e. The maximum absolute atomic E-state index is 10.9. The fourth-order valence-electron chi connectivity index (χ4n) is 1.28. The van der Waals surface area contributed by atoms with Crippen LogP contribution in [-0.4, -0.2) is 28.8 Å². The minimum Gasteiger partial charge on any atom is -0.493 e. The zero-order valence-corrected chi connectivity index (χ0v) is 9.47. The summed E-state index contributed by atoms with van der Waals surface area (Å²) < 4.78 is 5.29. The largest absolute Gasteiger partial charge is 0.493 e. The van der Waals surface area contributed by atoms with E-state index in [1.165, 1.54) is 18.2 Å². The highest BCUT2D eigenvalue weighted by Crippen LogP contribution is 2.21. The molecule has 17 heavy (non-hydrogen) atoms. The molecule has 0 unspecified atom stereocenters. The molecule has 1 aromatic rings. The van der Waals surface area contributed by atoms with Crippen molar-refractivity contribution in [2.75, 3.05) is 6.61 Å². The van der Waals surface area contributed by atoms with Crippen LogP contribution in [0, 0.1) is 0 Å². The summed E-state index contributed by atoms with van der Waals surface area (Å²) in [6.45, 7) is 2.36. The smallest absolute Gasteiger partial charge is 0.339 e. The number of aromatic carboxylic acids is 2. The van der Waals surface area contributed by atoms with Gasteiger partial charge in [-0.2, -0.15) is 0 Å². The summed E-state index contributed by atoms with van der Waals surface area (Å²) in [5.74, 6) is -2.14. The summed E-state index contributed by atoms with van der Waals surface area (Å²) in [7, 11) is 0. The van der Waals surface area contributed by atoms with Crippen LogP contribution < -0.4 is 4.74 Å². The third kappa shape index (κ3) is 3.48. The van der Waals surface area contributed by atoms with Crippen molar-refractivity contribution < 1.29 is 24.5 Å². The highest BCUT2D eigenvalue weighted by atomic mass is 16.5. The zero-order valence-electron chi connectivity index (χ0n) is 9.47. The van der Waals surface area contributed by atoms with Gasteiger partial charge in [0.2, 0.25) is 0 Å². The summed E-state index contributed by atoms with van der Waals surface area (Å²) in [5, 5.41) is 17.7. The topological polar surface area (TPSA) is 83.8 Å². The first-order valence-corrected chi connectivity index (χ1v) is 5.29. The van der Waals surface area contributed by atoms with Gasteiger partial charge in [-0.15, -0.1) is 0 Å². The Labute approximate surface area is 98.6 Å². The molecule has 0 radical (unpaired) electrons. The molecule has 1 rings (SSSR count). The van der Waals surface area contributed by atoms with Gasteiger partial charge < -0.3 is 14.9 Å². The van der Waals surface area contributed by atoms with Crippen molar-refractivity contribution in [3.8, 4) is 5.75 Å². The molecule has 0 saturated carbocycles. The molecule has 0 aliphatic rings. The predicted octanol–water partition coefficient (Wildman–Crippen LogP) is 2.26. The number of hydrogen-bond acceptors (Lipinski definition) is 3. The fraction of sp³-hybridized carbons (Fsp3) is 0.333. The second kappa shape index (κ2) is 5.89. The van der Waals surface area contributed by atoms with Crippen molar-refractivity contribution in [2.24, 2.45) is 0 Å².